The monoisotopic (exact) mass is 480 g/mol. The first-order valence-electron chi connectivity index (χ1n) is 14.5. The second kappa shape index (κ2) is 14.6. The van der Waals surface area contributed by atoms with Crippen LogP contribution in [-0.4, -0.2) is 17.9 Å². The van der Waals surface area contributed by atoms with E-state index in [9.17, 15) is 9.59 Å². The summed E-state index contributed by atoms with van der Waals surface area (Å²) in [7, 11) is 0. The maximum Gasteiger partial charge on any atom is 0.306 e. The molecule has 0 aromatic heterocycles. The third kappa shape index (κ3) is 10.0. The fourth-order valence-electron chi connectivity index (χ4n) is 5.98. The number of carbonyl (C=O) groups is 2. The summed E-state index contributed by atoms with van der Waals surface area (Å²) in [5.41, 5.74) is 0.585. The predicted octanol–water partition coefficient (Wildman–Crippen LogP) is 9.70. The topological polar surface area (TPSA) is 43.4 Å². The molecule has 0 saturated carbocycles. The van der Waals surface area contributed by atoms with Gasteiger partial charge in [0.15, 0.2) is 0 Å². The standard InChI is InChI=1S/C31H60O3/c1-12-28(10,13-2)23-30(16-5,17-6)21-26(20-25(9)32)34-27(33)22-31(18-7,19-8)24-29(11,14-3)15-4/h26H,12-24H2,1-11H3. The molecule has 0 rings (SSSR count). The predicted molar refractivity (Wildman–Crippen MR) is 147 cm³/mol. The van der Waals surface area contributed by atoms with Gasteiger partial charge in [0.25, 0.3) is 0 Å². The third-order valence-electron chi connectivity index (χ3n) is 10.0. The quantitative estimate of drug-likeness (QED) is 0.173. The average molecular weight is 481 g/mol. The first-order valence-corrected chi connectivity index (χ1v) is 14.5. The summed E-state index contributed by atoms with van der Waals surface area (Å²) >= 11 is 0. The minimum Gasteiger partial charge on any atom is -0.462 e. The van der Waals surface area contributed by atoms with Crippen molar-refractivity contribution in [3.05, 3.63) is 0 Å². The van der Waals surface area contributed by atoms with Crippen LogP contribution in [0.5, 0.6) is 0 Å². The van der Waals surface area contributed by atoms with E-state index in [4.69, 9.17) is 4.74 Å². The summed E-state index contributed by atoms with van der Waals surface area (Å²) in [5, 5.41) is 0. The molecule has 3 heteroatoms. The molecule has 0 aliphatic rings. The molecule has 0 fully saturated rings. The summed E-state index contributed by atoms with van der Waals surface area (Å²) in [4.78, 5) is 25.5. The number of ether oxygens (including phenoxy) is 1. The van der Waals surface area contributed by atoms with Gasteiger partial charge in [-0.05, 0) is 60.7 Å². The maximum atomic E-state index is 13.4. The highest BCUT2D eigenvalue weighted by atomic mass is 16.5. The second-order valence-corrected chi connectivity index (χ2v) is 12.2. The Morgan fingerprint density at radius 1 is 0.647 bits per heavy atom. The molecule has 0 aliphatic heterocycles. The summed E-state index contributed by atoms with van der Waals surface area (Å²) in [6.07, 6.45) is 12.0. The van der Waals surface area contributed by atoms with Crippen LogP contribution >= 0.6 is 0 Å². The van der Waals surface area contributed by atoms with Gasteiger partial charge in [0.05, 0.1) is 6.42 Å². The van der Waals surface area contributed by atoms with E-state index >= 15 is 0 Å². The molecule has 0 radical (unpaired) electrons. The Labute approximate surface area is 213 Å². The fraction of sp³-hybridized carbons (Fsp3) is 0.935. The lowest BCUT2D eigenvalue weighted by atomic mass is 9.64. The van der Waals surface area contributed by atoms with Crippen LogP contribution in [0.1, 0.15) is 160 Å². The molecule has 202 valence electrons. The minimum absolute atomic E-state index is 0.0335. The Morgan fingerprint density at radius 3 is 1.35 bits per heavy atom. The lowest BCUT2D eigenvalue weighted by molar-refractivity contribution is -0.156. The Morgan fingerprint density at radius 2 is 1.03 bits per heavy atom. The second-order valence-electron chi connectivity index (χ2n) is 12.2. The van der Waals surface area contributed by atoms with E-state index in [0.29, 0.717) is 12.8 Å². The highest BCUT2D eigenvalue weighted by molar-refractivity contribution is 5.77. The number of hydrogen-bond acceptors (Lipinski definition) is 3. The van der Waals surface area contributed by atoms with Crippen molar-refractivity contribution in [2.75, 3.05) is 0 Å². The molecule has 1 atom stereocenters. The van der Waals surface area contributed by atoms with Gasteiger partial charge >= 0.3 is 5.97 Å². The number of esters is 1. The van der Waals surface area contributed by atoms with E-state index in [-0.39, 0.29) is 39.5 Å². The molecule has 0 bridgehead atoms. The zero-order chi connectivity index (χ0) is 26.6. The molecule has 0 aliphatic carbocycles. The zero-order valence-electron chi connectivity index (χ0n) is 25.0. The molecule has 0 aromatic carbocycles. The molecule has 0 heterocycles. The van der Waals surface area contributed by atoms with Gasteiger partial charge in [-0.15, -0.1) is 0 Å². The molecule has 0 aromatic rings. The van der Waals surface area contributed by atoms with Gasteiger partial charge in [-0.25, -0.2) is 0 Å². The number of ketones is 1. The van der Waals surface area contributed by atoms with Crippen LogP contribution in [0.3, 0.4) is 0 Å². The highest BCUT2D eigenvalue weighted by Crippen LogP contribution is 2.48. The van der Waals surface area contributed by atoms with Gasteiger partial charge < -0.3 is 4.74 Å². The van der Waals surface area contributed by atoms with E-state index in [0.717, 1.165) is 70.6 Å². The van der Waals surface area contributed by atoms with Gasteiger partial charge in [-0.3, -0.25) is 9.59 Å². The van der Waals surface area contributed by atoms with Crippen LogP contribution in [0.2, 0.25) is 0 Å². The van der Waals surface area contributed by atoms with Crippen molar-refractivity contribution in [3.8, 4) is 0 Å². The van der Waals surface area contributed by atoms with Crippen molar-refractivity contribution in [3.63, 3.8) is 0 Å². The van der Waals surface area contributed by atoms with Crippen LogP contribution in [0.4, 0.5) is 0 Å². The number of carbonyl (C=O) groups excluding carboxylic acids is 2. The Kier molecular flexibility index (Phi) is 14.3. The molecule has 0 N–H and O–H groups in total. The molecule has 1 unspecified atom stereocenters. The normalized spacial score (nSPS) is 14.2. The van der Waals surface area contributed by atoms with Crippen LogP contribution in [0, 0.1) is 21.7 Å². The molecular weight excluding hydrogens is 420 g/mol. The van der Waals surface area contributed by atoms with Crippen molar-refractivity contribution in [1.29, 1.82) is 0 Å². The van der Waals surface area contributed by atoms with E-state index < -0.39 is 0 Å². The molecular formula is C31H60O3. The Balaban J connectivity index is 5.77. The molecule has 3 nitrogen and oxygen atoms in total. The summed E-state index contributed by atoms with van der Waals surface area (Å²) < 4.78 is 6.18. The van der Waals surface area contributed by atoms with Gasteiger partial charge in [-0.1, -0.05) is 108 Å². The smallest absolute Gasteiger partial charge is 0.306 e. The minimum atomic E-state index is -0.321. The molecule has 0 saturated heterocycles. The highest BCUT2D eigenvalue weighted by Gasteiger charge is 2.40. The van der Waals surface area contributed by atoms with Gasteiger partial charge in [-0.2, -0.15) is 0 Å². The van der Waals surface area contributed by atoms with Gasteiger partial charge in [0.1, 0.15) is 11.9 Å². The molecule has 34 heavy (non-hydrogen) atoms. The van der Waals surface area contributed by atoms with Crippen molar-refractivity contribution >= 4 is 11.8 Å². The van der Waals surface area contributed by atoms with Crippen LogP contribution < -0.4 is 0 Å². The first kappa shape index (κ1) is 33.1. The Hall–Kier alpha value is -0.860. The lowest BCUT2D eigenvalue weighted by Crippen LogP contribution is -2.36. The van der Waals surface area contributed by atoms with E-state index in [1.807, 2.05) is 0 Å². The summed E-state index contributed by atoms with van der Waals surface area (Å²) in [6, 6.07) is 0. The van der Waals surface area contributed by atoms with Crippen molar-refractivity contribution in [2.24, 2.45) is 21.7 Å². The zero-order valence-corrected chi connectivity index (χ0v) is 25.0. The summed E-state index contributed by atoms with van der Waals surface area (Å²) in [6.45, 7) is 24.4. The Bertz CT molecular complexity index is 590. The first-order chi connectivity index (χ1) is 15.8. The van der Waals surface area contributed by atoms with E-state index in [2.05, 4.69) is 69.2 Å². The number of hydrogen-bond donors (Lipinski definition) is 0. The largest absolute Gasteiger partial charge is 0.462 e. The fourth-order valence-corrected chi connectivity index (χ4v) is 5.98. The number of rotatable bonds is 19. The van der Waals surface area contributed by atoms with Crippen molar-refractivity contribution < 1.29 is 14.3 Å². The van der Waals surface area contributed by atoms with Crippen LogP contribution in [0.25, 0.3) is 0 Å². The average Bonchev–Trinajstić information content (AvgIpc) is 2.82. The van der Waals surface area contributed by atoms with Gasteiger partial charge in [0.2, 0.25) is 0 Å². The molecule has 0 spiro atoms. The third-order valence-corrected chi connectivity index (χ3v) is 10.0. The number of Topliss-reactive ketones (excluding diaryl/α,β-unsaturated/α-hetero) is 1. The van der Waals surface area contributed by atoms with Crippen LogP contribution in [-0.2, 0) is 14.3 Å². The van der Waals surface area contributed by atoms with Crippen molar-refractivity contribution in [2.45, 2.75) is 166 Å². The lowest BCUT2D eigenvalue weighted by Gasteiger charge is -2.43. The van der Waals surface area contributed by atoms with E-state index in [1.54, 1.807) is 6.92 Å². The summed E-state index contributed by atoms with van der Waals surface area (Å²) in [5.74, 6) is -0.00575. The SMILES string of the molecule is CCC(C)(CC)CC(CC)(CC)CC(=O)OC(CC(C)=O)CC(CC)(CC)CC(C)(CC)CC. The van der Waals surface area contributed by atoms with E-state index in [1.165, 1.54) is 0 Å². The van der Waals surface area contributed by atoms with Gasteiger partial charge in [0, 0.05) is 6.42 Å². The van der Waals surface area contributed by atoms with Crippen LogP contribution in [0.15, 0.2) is 0 Å². The molecule has 0 amide bonds. The van der Waals surface area contributed by atoms with Crippen molar-refractivity contribution in [1.82, 2.24) is 0 Å². The maximum absolute atomic E-state index is 13.4.